The largest absolute Gasteiger partial charge is 0.295 e. The van der Waals surface area contributed by atoms with E-state index in [1.165, 1.54) is 0 Å². The monoisotopic (exact) mass is 349 g/mol. The molecule has 1 aromatic heterocycles. The van der Waals surface area contributed by atoms with Crippen LogP contribution < -0.4 is 5.32 Å². The number of hydrogen-bond acceptors (Lipinski definition) is 4. The van der Waals surface area contributed by atoms with Crippen molar-refractivity contribution < 1.29 is 4.79 Å². The SMILES string of the molecule is CCN(C)[C@@H](C(=O)Nc1nncn1Cc1ccccc1)c1ccccc1. The van der Waals surface area contributed by atoms with E-state index in [9.17, 15) is 4.79 Å². The van der Waals surface area contributed by atoms with Gasteiger partial charge in [0.05, 0.1) is 6.54 Å². The Morgan fingerprint density at radius 1 is 1.12 bits per heavy atom. The fraction of sp³-hybridized carbons (Fsp3) is 0.250. The molecule has 0 aliphatic rings. The molecule has 26 heavy (non-hydrogen) atoms. The number of anilines is 1. The lowest BCUT2D eigenvalue weighted by atomic mass is 10.1. The van der Waals surface area contributed by atoms with E-state index in [0.717, 1.165) is 17.7 Å². The third-order valence-corrected chi connectivity index (χ3v) is 4.35. The van der Waals surface area contributed by atoms with Gasteiger partial charge in [-0.05, 0) is 24.7 Å². The summed E-state index contributed by atoms with van der Waals surface area (Å²) in [7, 11) is 1.94. The molecule has 6 heteroatoms. The van der Waals surface area contributed by atoms with Crippen molar-refractivity contribution in [3.8, 4) is 0 Å². The van der Waals surface area contributed by atoms with Crippen LogP contribution in [0.1, 0.15) is 24.1 Å². The lowest BCUT2D eigenvalue weighted by Crippen LogP contribution is -2.35. The van der Waals surface area contributed by atoms with Crippen LogP contribution in [-0.2, 0) is 11.3 Å². The van der Waals surface area contributed by atoms with E-state index in [0.29, 0.717) is 12.5 Å². The molecule has 0 aliphatic heterocycles. The molecule has 1 N–H and O–H groups in total. The van der Waals surface area contributed by atoms with Crippen LogP contribution in [0.15, 0.2) is 67.0 Å². The quantitative estimate of drug-likeness (QED) is 0.712. The molecule has 0 bridgehead atoms. The first-order valence-corrected chi connectivity index (χ1v) is 8.66. The molecule has 6 nitrogen and oxygen atoms in total. The van der Waals surface area contributed by atoms with Crippen LogP contribution in [-0.4, -0.2) is 39.2 Å². The van der Waals surface area contributed by atoms with E-state index in [1.54, 1.807) is 6.33 Å². The van der Waals surface area contributed by atoms with E-state index in [2.05, 4.69) is 15.5 Å². The number of amides is 1. The maximum absolute atomic E-state index is 13.0. The van der Waals surface area contributed by atoms with Crippen LogP contribution in [0.3, 0.4) is 0 Å². The topological polar surface area (TPSA) is 63.1 Å². The molecule has 0 spiro atoms. The molecule has 0 unspecified atom stereocenters. The van der Waals surface area contributed by atoms with Crippen molar-refractivity contribution >= 4 is 11.9 Å². The zero-order chi connectivity index (χ0) is 18.4. The van der Waals surface area contributed by atoms with E-state index in [-0.39, 0.29) is 11.9 Å². The van der Waals surface area contributed by atoms with Gasteiger partial charge in [-0.25, -0.2) is 0 Å². The van der Waals surface area contributed by atoms with Gasteiger partial charge in [0, 0.05) is 0 Å². The van der Waals surface area contributed by atoms with Gasteiger partial charge in [0.25, 0.3) is 0 Å². The summed E-state index contributed by atoms with van der Waals surface area (Å²) in [4.78, 5) is 15.0. The zero-order valence-electron chi connectivity index (χ0n) is 15.0. The second-order valence-electron chi connectivity index (χ2n) is 6.14. The fourth-order valence-electron chi connectivity index (χ4n) is 2.85. The van der Waals surface area contributed by atoms with Gasteiger partial charge >= 0.3 is 0 Å². The Balaban J connectivity index is 1.79. The second-order valence-corrected chi connectivity index (χ2v) is 6.14. The molecule has 1 atom stereocenters. The molecule has 2 aromatic carbocycles. The van der Waals surface area contributed by atoms with Crippen molar-refractivity contribution in [3.63, 3.8) is 0 Å². The maximum Gasteiger partial charge on any atom is 0.248 e. The Kier molecular flexibility index (Phi) is 5.76. The van der Waals surface area contributed by atoms with Gasteiger partial charge in [0.2, 0.25) is 11.9 Å². The number of benzene rings is 2. The van der Waals surface area contributed by atoms with Gasteiger partial charge in [0.1, 0.15) is 12.4 Å². The predicted octanol–water partition coefficient (Wildman–Crippen LogP) is 2.96. The van der Waals surface area contributed by atoms with Crippen LogP contribution in [0.25, 0.3) is 0 Å². The standard InChI is InChI=1S/C20H23N5O/c1-3-24(2)18(17-12-8-5-9-13-17)19(26)22-20-23-21-15-25(20)14-16-10-6-4-7-11-16/h4-13,15,18H,3,14H2,1-2H3,(H,22,23,26)/t18-/m1/s1. The Bertz CT molecular complexity index is 832. The highest BCUT2D eigenvalue weighted by molar-refractivity contribution is 5.94. The second kappa shape index (κ2) is 8.40. The maximum atomic E-state index is 13.0. The first-order valence-electron chi connectivity index (χ1n) is 8.66. The minimum atomic E-state index is -0.386. The third kappa shape index (κ3) is 4.15. The average Bonchev–Trinajstić information content (AvgIpc) is 3.10. The molecule has 3 aromatic rings. The molecule has 1 amide bonds. The molecule has 0 radical (unpaired) electrons. The van der Waals surface area contributed by atoms with E-state index in [4.69, 9.17) is 0 Å². The lowest BCUT2D eigenvalue weighted by Gasteiger charge is -2.26. The van der Waals surface area contributed by atoms with Crippen LogP contribution in [0.2, 0.25) is 0 Å². The van der Waals surface area contributed by atoms with E-state index >= 15 is 0 Å². The summed E-state index contributed by atoms with van der Waals surface area (Å²) in [5, 5.41) is 11.0. The number of likely N-dealkylation sites (N-methyl/N-ethyl adjacent to an activating group) is 1. The number of nitrogens with one attached hydrogen (secondary N) is 1. The molecule has 3 rings (SSSR count). The Hall–Kier alpha value is -2.99. The normalized spacial score (nSPS) is 12.1. The summed E-state index contributed by atoms with van der Waals surface area (Å²) >= 11 is 0. The zero-order valence-corrected chi connectivity index (χ0v) is 15.0. The molecule has 0 saturated carbocycles. The van der Waals surface area contributed by atoms with Gasteiger partial charge in [-0.15, -0.1) is 10.2 Å². The molecule has 134 valence electrons. The van der Waals surface area contributed by atoms with Gasteiger partial charge in [-0.2, -0.15) is 0 Å². The van der Waals surface area contributed by atoms with Crippen molar-refractivity contribution in [2.24, 2.45) is 0 Å². The summed E-state index contributed by atoms with van der Waals surface area (Å²) < 4.78 is 1.83. The first-order chi connectivity index (χ1) is 12.7. The molecular formula is C20H23N5O. The van der Waals surface area contributed by atoms with Crippen molar-refractivity contribution in [2.45, 2.75) is 19.5 Å². The number of rotatable bonds is 7. The van der Waals surface area contributed by atoms with Gasteiger partial charge in [-0.1, -0.05) is 67.6 Å². The molecule has 0 saturated heterocycles. The first kappa shape index (κ1) is 17.8. The fourth-order valence-corrected chi connectivity index (χ4v) is 2.85. The third-order valence-electron chi connectivity index (χ3n) is 4.35. The molecular weight excluding hydrogens is 326 g/mol. The van der Waals surface area contributed by atoms with Crippen molar-refractivity contribution in [3.05, 3.63) is 78.1 Å². The summed E-state index contributed by atoms with van der Waals surface area (Å²) in [6, 6.07) is 19.4. The summed E-state index contributed by atoms with van der Waals surface area (Å²) in [6.07, 6.45) is 1.63. The Morgan fingerprint density at radius 3 is 2.42 bits per heavy atom. The van der Waals surface area contributed by atoms with E-state index < -0.39 is 0 Å². The number of nitrogens with zero attached hydrogens (tertiary/aromatic N) is 4. The molecule has 0 fully saturated rings. The summed E-state index contributed by atoms with van der Waals surface area (Å²) in [5.74, 6) is 0.326. The Labute approximate surface area is 153 Å². The van der Waals surface area contributed by atoms with Crippen molar-refractivity contribution in [1.29, 1.82) is 0 Å². The predicted molar refractivity (Wildman–Crippen MR) is 102 cm³/mol. The number of aromatic nitrogens is 3. The van der Waals surface area contributed by atoms with Crippen LogP contribution in [0.4, 0.5) is 5.95 Å². The van der Waals surface area contributed by atoms with Gasteiger partial charge < -0.3 is 0 Å². The summed E-state index contributed by atoms with van der Waals surface area (Å²) in [6.45, 7) is 3.38. The number of hydrogen-bond donors (Lipinski definition) is 1. The Morgan fingerprint density at radius 2 is 1.77 bits per heavy atom. The number of carbonyl (C=O) groups excluding carboxylic acids is 1. The highest BCUT2D eigenvalue weighted by Gasteiger charge is 2.25. The average molecular weight is 349 g/mol. The highest BCUT2D eigenvalue weighted by atomic mass is 16.2. The minimum absolute atomic E-state index is 0.122. The molecule has 1 heterocycles. The van der Waals surface area contributed by atoms with Crippen LogP contribution in [0, 0.1) is 0 Å². The van der Waals surface area contributed by atoms with Crippen molar-refractivity contribution in [1.82, 2.24) is 19.7 Å². The minimum Gasteiger partial charge on any atom is -0.295 e. The lowest BCUT2D eigenvalue weighted by molar-refractivity contribution is -0.121. The summed E-state index contributed by atoms with van der Waals surface area (Å²) in [5.41, 5.74) is 2.07. The van der Waals surface area contributed by atoms with Gasteiger partial charge in [-0.3, -0.25) is 19.6 Å². The van der Waals surface area contributed by atoms with Crippen LogP contribution >= 0.6 is 0 Å². The molecule has 0 aliphatic carbocycles. The van der Waals surface area contributed by atoms with Crippen molar-refractivity contribution in [2.75, 3.05) is 18.9 Å². The van der Waals surface area contributed by atoms with E-state index in [1.807, 2.05) is 84.1 Å². The highest BCUT2D eigenvalue weighted by Crippen LogP contribution is 2.21. The van der Waals surface area contributed by atoms with Gasteiger partial charge in [0.15, 0.2) is 0 Å². The number of carbonyl (C=O) groups is 1. The van der Waals surface area contributed by atoms with Crippen LogP contribution in [0.5, 0.6) is 0 Å². The smallest absolute Gasteiger partial charge is 0.248 e.